The summed E-state index contributed by atoms with van der Waals surface area (Å²) in [4.78, 5) is 23.4. The number of hydrogen-bond donors (Lipinski definition) is 0. The molecule has 0 bridgehead atoms. The summed E-state index contributed by atoms with van der Waals surface area (Å²) < 4.78 is 0. The van der Waals surface area contributed by atoms with E-state index in [0.717, 1.165) is 50.3 Å². The molecular formula is C37H25N5. The van der Waals surface area contributed by atoms with Crippen molar-refractivity contribution in [1.29, 1.82) is 0 Å². The van der Waals surface area contributed by atoms with Crippen LogP contribution in [-0.2, 0) is 0 Å². The molecule has 0 unspecified atom stereocenters. The Kier molecular flexibility index (Phi) is 6.81. The van der Waals surface area contributed by atoms with Gasteiger partial charge in [-0.15, -0.1) is 0 Å². The topological polar surface area (TPSA) is 64.5 Å². The number of aromatic nitrogens is 5. The van der Waals surface area contributed by atoms with Crippen molar-refractivity contribution in [2.24, 2.45) is 0 Å². The van der Waals surface area contributed by atoms with Crippen molar-refractivity contribution in [2.75, 3.05) is 0 Å². The third-order valence-corrected chi connectivity index (χ3v) is 7.08. The van der Waals surface area contributed by atoms with E-state index in [-0.39, 0.29) is 0 Å². The number of rotatable bonds is 6. The first-order valence-corrected chi connectivity index (χ1v) is 13.8. The smallest absolute Gasteiger partial charge is 0.164 e. The van der Waals surface area contributed by atoms with Crippen molar-refractivity contribution in [3.8, 4) is 67.8 Å². The lowest BCUT2D eigenvalue weighted by atomic mass is 9.99. The molecule has 4 aromatic carbocycles. The van der Waals surface area contributed by atoms with E-state index in [2.05, 4.69) is 64.6 Å². The van der Waals surface area contributed by atoms with Crippen LogP contribution in [0.5, 0.6) is 0 Å². The first-order chi connectivity index (χ1) is 20.8. The average Bonchev–Trinajstić information content (AvgIpc) is 3.09. The van der Waals surface area contributed by atoms with E-state index >= 15 is 0 Å². The molecule has 7 aromatic rings. The lowest BCUT2D eigenvalue weighted by molar-refractivity contribution is 1.07. The van der Waals surface area contributed by atoms with E-state index in [1.165, 1.54) is 0 Å². The van der Waals surface area contributed by atoms with E-state index in [1.54, 1.807) is 6.20 Å². The minimum Gasteiger partial charge on any atom is -0.255 e. The maximum Gasteiger partial charge on any atom is 0.164 e. The van der Waals surface area contributed by atoms with E-state index in [4.69, 9.17) is 15.0 Å². The van der Waals surface area contributed by atoms with Gasteiger partial charge in [0, 0.05) is 29.1 Å². The van der Waals surface area contributed by atoms with Crippen LogP contribution in [0.1, 0.15) is 0 Å². The summed E-state index contributed by atoms with van der Waals surface area (Å²) in [6.07, 6.45) is 3.62. The van der Waals surface area contributed by atoms with Gasteiger partial charge in [-0.2, -0.15) is 0 Å². The molecule has 0 saturated carbocycles. The van der Waals surface area contributed by atoms with Gasteiger partial charge in [-0.05, 0) is 46.5 Å². The van der Waals surface area contributed by atoms with Crippen molar-refractivity contribution >= 4 is 0 Å². The molecule has 0 fully saturated rings. The predicted molar refractivity (Wildman–Crippen MR) is 168 cm³/mol. The van der Waals surface area contributed by atoms with Crippen LogP contribution in [-0.4, -0.2) is 24.9 Å². The molecule has 7 rings (SSSR count). The summed E-state index contributed by atoms with van der Waals surface area (Å²) in [6, 6.07) is 47.0. The molecule has 0 radical (unpaired) electrons. The second kappa shape index (κ2) is 11.4. The number of hydrogen-bond acceptors (Lipinski definition) is 5. The first-order valence-electron chi connectivity index (χ1n) is 13.8. The fraction of sp³-hybridized carbons (Fsp3) is 0. The lowest BCUT2D eigenvalue weighted by Gasteiger charge is -2.09. The molecule has 5 heteroatoms. The molecule has 0 aliphatic rings. The molecule has 3 heterocycles. The molecule has 0 aliphatic heterocycles. The van der Waals surface area contributed by atoms with Crippen LogP contribution in [0.2, 0.25) is 0 Å². The third kappa shape index (κ3) is 5.31. The zero-order valence-electron chi connectivity index (χ0n) is 22.7. The summed E-state index contributed by atoms with van der Waals surface area (Å²) in [7, 11) is 0. The molecule has 42 heavy (non-hydrogen) atoms. The van der Waals surface area contributed by atoms with Gasteiger partial charge in [-0.1, -0.05) is 115 Å². The highest BCUT2D eigenvalue weighted by molar-refractivity contribution is 5.74. The Morgan fingerprint density at radius 2 is 0.714 bits per heavy atom. The van der Waals surface area contributed by atoms with Gasteiger partial charge >= 0.3 is 0 Å². The fourth-order valence-corrected chi connectivity index (χ4v) is 4.87. The van der Waals surface area contributed by atoms with E-state index < -0.39 is 0 Å². The number of benzene rings is 4. The molecular weight excluding hydrogens is 514 g/mol. The average molecular weight is 540 g/mol. The zero-order chi connectivity index (χ0) is 28.1. The Hall–Kier alpha value is -5.81. The van der Waals surface area contributed by atoms with Crippen molar-refractivity contribution in [2.45, 2.75) is 0 Å². The van der Waals surface area contributed by atoms with E-state index in [1.807, 2.05) is 91.1 Å². The van der Waals surface area contributed by atoms with Gasteiger partial charge < -0.3 is 0 Å². The Bertz CT molecular complexity index is 1880. The van der Waals surface area contributed by atoms with E-state index in [0.29, 0.717) is 17.5 Å². The summed E-state index contributed by atoms with van der Waals surface area (Å²) >= 11 is 0. The summed E-state index contributed by atoms with van der Waals surface area (Å²) in [5.41, 5.74) is 9.05. The van der Waals surface area contributed by atoms with Crippen molar-refractivity contribution in [3.05, 3.63) is 152 Å². The highest BCUT2D eigenvalue weighted by Crippen LogP contribution is 2.29. The fourth-order valence-electron chi connectivity index (χ4n) is 4.87. The number of pyridine rings is 2. The highest BCUT2D eigenvalue weighted by Gasteiger charge is 2.12. The maximum absolute atomic E-state index is 4.84. The zero-order valence-corrected chi connectivity index (χ0v) is 22.7. The van der Waals surface area contributed by atoms with Crippen LogP contribution in [0.25, 0.3) is 67.8 Å². The molecule has 0 spiro atoms. The van der Waals surface area contributed by atoms with Gasteiger partial charge in [-0.25, -0.2) is 15.0 Å². The van der Waals surface area contributed by atoms with Crippen LogP contribution in [0.4, 0.5) is 0 Å². The molecule has 0 N–H and O–H groups in total. The van der Waals surface area contributed by atoms with Gasteiger partial charge in [0.2, 0.25) is 0 Å². The molecule has 198 valence electrons. The second-order valence-corrected chi connectivity index (χ2v) is 9.84. The third-order valence-electron chi connectivity index (χ3n) is 7.08. The normalized spacial score (nSPS) is 10.9. The van der Waals surface area contributed by atoms with Crippen molar-refractivity contribution < 1.29 is 0 Å². The number of nitrogens with zero attached hydrogens (tertiary/aromatic N) is 5. The van der Waals surface area contributed by atoms with Crippen molar-refractivity contribution in [1.82, 2.24) is 24.9 Å². The summed E-state index contributed by atoms with van der Waals surface area (Å²) in [5.74, 6) is 1.95. The van der Waals surface area contributed by atoms with Gasteiger partial charge in [0.05, 0.1) is 11.4 Å². The Morgan fingerprint density at radius 3 is 1.21 bits per heavy atom. The standard InChI is InChI=1S/C37H25N5/c1-3-9-29(10-4-1)35-40-36(30-11-5-2-6-12-30)42-37(41-35)31-20-18-27(19-21-31)26-14-16-28(17-15-26)32-22-24-39-34(25-32)33-13-7-8-23-38-33/h1-25H. The molecule has 5 nitrogen and oxygen atoms in total. The summed E-state index contributed by atoms with van der Waals surface area (Å²) in [5, 5.41) is 0. The van der Waals surface area contributed by atoms with Crippen LogP contribution in [0.15, 0.2) is 152 Å². The van der Waals surface area contributed by atoms with Crippen LogP contribution in [0.3, 0.4) is 0 Å². The van der Waals surface area contributed by atoms with Gasteiger partial charge in [0.1, 0.15) is 0 Å². The Balaban J connectivity index is 1.18. The van der Waals surface area contributed by atoms with Gasteiger partial charge in [0.25, 0.3) is 0 Å². The summed E-state index contributed by atoms with van der Waals surface area (Å²) in [6.45, 7) is 0. The van der Waals surface area contributed by atoms with Crippen LogP contribution in [0, 0.1) is 0 Å². The largest absolute Gasteiger partial charge is 0.255 e. The predicted octanol–water partition coefficient (Wildman–Crippen LogP) is 8.66. The minimum atomic E-state index is 0.644. The second-order valence-electron chi connectivity index (χ2n) is 9.84. The monoisotopic (exact) mass is 539 g/mol. The van der Waals surface area contributed by atoms with Gasteiger partial charge in [-0.3, -0.25) is 9.97 Å². The molecule has 0 atom stereocenters. The maximum atomic E-state index is 4.84. The molecule has 3 aromatic heterocycles. The van der Waals surface area contributed by atoms with Crippen molar-refractivity contribution in [3.63, 3.8) is 0 Å². The van der Waals surface area contributed by atoms with Gasteiger partial charge in [0.15, 0.2) is 17.5 Å². The molecule has 0 saturated heterocycles. The van der Waals surface area contributed by atoms with E-state index in [9.17, 15) is 0 Å². The molecule has 0 amide bonds. The highest BCUT2D eigenvalue weighted by atomic mass is 15.0. The SMILES string of the molecule is c1ccc(-c2nc(-c3ccccc3)nc(-c3ccc(-c4ccc(-c5ccnc(-c6ccccn6)c5)cc4)cc3)n2)cc1. The Morgan fingerprint density at radius 1 is 0.286 bits per heavy atom. The first kappa shape index (κ1) is 25.2. The quantitative estimate of drug-likeness (QED) is 0.212. The lowest BCUT2D eigenvalue weighted by Crippen LogP contribution is -2.00. The van der Waals surface area contributed by atoms with Crippen LogP contribution < -0.4 is 0 Å². The Labute approximate surface area is 244 Å². The minimum absolute atomic E-state index is 0.644. The van der Waals surface area contributed by atoms with Crippen LogP contribution >= 0.6 is 0 Å². The molecule has 0 aliphatic carbocycles.